The molecular formula is C12H18N2O4. The summed E-state index contributed by atoms with van der Waals surface area (Å²) >= 11 is 0. The Morgan fingerprint density at radius 3 is 2.61 bits per heavy atom. The van der Waals surface area contributed by atoms with Crippen molar-refractivity contribution in [1.29, 1.82) is 0 Å². The summed E-state index contributed by atoms with van der Waals surface area (Å²) in [5.41, 5.74) is -0.927. The Morgan fingerprint density at radius 2 is 2.06 bits per heavy atom. The van der Waals surface area contributed by atoms with E-state index in [9.17, 15) is 14.4 Å². The van der Waals surface area contributed by atoms with Gasteiger partial charge in [-0.3, -0.25) is 18.7 Å². The van der Waals surface area contributed by atoms with Gasteiger partial charge in [-0.15, -0.1) is 0 Å². The summed E-state index contributed by atoms with van der Waals surface area (Å²) in [6, 6.07) is 0. The predicted molar refractivity (Wildman–Crippen MR) is 67.1 cm³/mol. The van der Waals surface area contributed by atoms with Gasteiger partial charge < -0.3 is 4.74 Å². The first-order chi connectivity index (χ1) is 8.49. The summed E-state index contributed by atoms with van der Waals surface area (Å²) in [6.07, 6.45) is 1.99. The molecule has 0 spiro atoms. The van der Waals surface area contributed by atoms with E-state index in [0.717, 1.165) is 4.57 Å². The van der Waals surface area contributed by atoms with Gasteiger partial charge in [-0.1, -0.05) is 0 Å². The van der Waals surface area contributed by atoms with Crippen LogP contribution in [0.1, 0.15) is 30.6 Å². The third kappa shape index (κ3) is 3.16. The minimum Gasteiger partial charge on any atom is -0.382 e. The minimum absolute atomic E-state index is 0.0357. The van der Waals surface area contributed by atoms with Crippen LogP contribution in [0.5, 0.6) is 0 Å². The minimum atomic E-state index is -0.548. The highest BCUT2D eigenvalue weighted by atomic mass is 16.5. The van der Waals surface area contributed by atoms with Crippen molar-refractivity contribution in [2.45, 2.75) is 26.8 Å². The van der Waals surface area contributed by atoms with Crippen LogP contribution in [0.25, 0.3) is 0 Å². The number of Topliss-reactive ketones (excluding diaryl/α,β-unsaturated/α-hetero) is 1. The van der Waals surface area contributed by atoms with Gasteiger partial charge in [0.15, 0.2) is 5.78 Å². The molecule has 0 saturated carbocycles. The van der Waals surface area contributed by atoms with Crippen molar-refractivity contribution in [2.24, 2.45) is 7.05 Å². The molecule has 0 aliphatic carbocycles. The smallest absolute Gasteiger partial charge is 0.330 e. The lowest BCUT2D eigenvalue weighted by molar-refractivity contribution is 0.101. The molecule has 0 saturated heterocycles. The molecule has 0 aromatic carbocycles. The summed E-state index contributed by atoms with van der Waals surface area (Å²) in [5.74, 6) is -0.339. The van der Waals surface area contributed by atoms with Gasteiger partial charge in [0, 0.05) is 33.0 Å². The third-order valence-electron chi connectivity index (χ3n) is 2.62. The number of hydrogen-bond donors (Lipinski definition) is 0. The summed E-state index contributed by atoms with van der Waals surface area (Å²) in [6.45, 7) is 4.80. The third-order valence-corrected chi connectivity index (χ3v) is 2.62. The Bertz CT molecular complexity index is 542. The molecule has 100 valence electrons. The van der Waals surface area contributed by atoms with Crippen LogP contribution < -0.4 is 11.2 Å². The standard InChI is InChI=1S/C12H18N2O4/c1-4-18-7-5-6-14-8-10(9(2)15)11(16)13(3)12(14)17/h8H,4-7H2,1-3H3. The molecule has 0 aliphatic heterocycles. The van der Waals surface area contributed by atoms with E-state index in [1.165, 1.54) is 24.7 Å². The molecule has 0 bridgehead atoms. The molecule has 0 aliphatic rings. The lowest BCUT2D eigenvalue weighted by atomic mass is 10.2. The van der Waals surface area contributed by atoms with Gasteiger partial charge in [-0.2, -0.15) is 0 Å². The van der Waals surface area contributed by atoms with Gasteiger partial charge in [0.05, 0.1) is 5.56 Å². The zero-order valence-electron chi connectivity index (χ0n) is 10.9. The van der Waals surface area contributed by atoms with E-state index in [4.69, 9.17) is 4.74 Å². The number of aryl methyl sites for hydroxylation is 1. The van der Waals surface area contributed by atoms with Crippen molar-refractivity contribution < 1.29 is 9.53 Å². The van der Waals surface area contributed by atoms with Crippen LogP contribution in [0.4, 0.5) is 0 Å². The van der Waals surface area contributed by atoms with Crippen molar-refractivity contribution >= 4 is 5.78 Å². The molecule has 0 atom stereocenters. The second-order valence-electron chi connectivity index (χ2n) is 3.99. The first kappa shape index (κ1) is 14.4. The Hall–Kier alpha value is -1.69. The Balaban J connectivity index is 3.02. The largest absolute Gasteiger partial charge is 0.382 e. The molecule has 1 rings (SSSR count). The van der Waals surface area contributed by atoms with Crippen LogP contribution in [0.2, 0.25) is 0 Å². The fraction of sp³-hybridized carbons (Fsp3) is 0.583. The fourth-order valence-electron chi connectivity index (χ4n) is 1.61. The molecule has 1 aromatic rings. The van der Waals surface area contributed by atoms with Gasteiger partial charge in [-0.05, 0) is 20.3 Å². The van der Waals surface area contributed by atoms with Crippen LogP contribution in [0, 0.1) is 0 Å². The topological polar surface area (TPSA) is 70.3 Å². The van der Waals surface area contributed by atoms with Crippen molar-refractivity contribution in [3.8, 4) is 0 Å². The number of carbonyl (C=O) groups excluding carboxylic acids is 1. The molecule has 0 amide bonds. The summed E-state index contributed by atoms with van der Waals surface area (Å²) in [4.78, 5) is 34.8. The molecule has 1 heterocycles. The summed E-state index contributed by atoms with van der Waals surface area (Å²) in [7, 11) is 1.37. The van der Waals surface area contributed by atoms with E-state index in [1.54, 1.807) is 0 Å². The zero-order chi connectivity index (χ0) is 13.7. The Morgan fingerprint density at radius 1 is 1.39 bits per heavy atom. The number of ketones is 1. The van der Waals surface area contributed by atoms with Crippen molar-refractivity contribution in [1.82, 2.24) is 9.13 Å². The van der Waals surface area contributed by atoms with E-state index in [2.05, 4.69) is 0 Å². The molecule has 0 fully saturated rings. The van der Waals surface area contributed by atoms with E-state index in [-0.39, 0.29) is 11.3 Å². The van der Waals surface area contributed by atoms with E-state index in [1.807, 2.05) is 6.92 Å². The van der Waals surface area contributed by atoms with Crippen molar-refractivity contribution in [3.05, 3.63) is 32.6 Å². The van der Waals surface area contributed by atoms with Crippen molar-refractivity contribution in [3.63, 3.8) is 0 Å². The Kier molecular flexibility index (Phi) is 5.03. The number of carbonyl (C=O) groups is 1. The maximum atomic E-state index is 11.8. The van der Waals surface area contributed by atoms with E-state index < -0.39 is 11.2 Å². The highest BCUT2D eigenvalue weighted by Gasteiger charge is 2.11. The number of aromatic nitrogens is 2. The maximum absolute atomic E-state index is 11.8. The van der Waals surface area contributed by atoms with Gasteiger partial charge >= 0.3 is 5.69 Å². The molecule has 1 aromatic heterocycles. The normalized spacial score (nSPS) is 10.6. The average molecular weight is 254 g/mol. The lowest BCUT2D eigenvalue weighted by Gasteiger charge is -2.09. The number of ether oxygens (including phenoxy) is 1. The van der Waals surface area contributed by atoms with E-state index >= 15 is 0 Å². The van der Waals surface area contributed by atoms with Crippen LogP contribution >= 0.6 is 0 Å². The van der Waals surface area contributed by atoms with Gasteiger partial charge in [0.2, 0.25) is 0 Å². The monoisotopic (exact) mass is 254 g/mol. The fourth-order valence-corrected chi connectivity index (χ4v) is 1.61. The maximum Gasteiger partial charge on any atom is 0.330 e. The first-order valence-electron chi connectivity index (χ1n) is 5.88. The summed E-state index contributed by atoms with van der Waals surface area (Å²) in [5, 5.41) is 0. The lowest BCUT2D eigenvalue weighted by Crippen LogP contribution is -2.40. The predicted octanol–water partition coefficient (Wildman–Crippen LogP) is 0.176. The van der Waals surface area contributed by atoms with E-state index in [0.29, 0.717) is 26.2 Å². The summed E-state index contributed by atoms with van der Waals surface area (Å²) < 4.78 is 7.50. The van der Waals surface area contributed by atoms with Crippen LogP contribution in [0.15, 0.2) is 15.8 Å². The molecule has 0 unspecified atom stereocenters. The van der Waals surface area contributed by atoms with Crippen molar-refractivity contribution in [2.75, 3.05) is 13.2 Å². The van der Waals surface area contributed by atoms with Crippen LogP contribution in [-0.4, -0.2) is 28.1 Å². The van der Waals surface area contributed by atoms with Gasteiger partial charge in [0.25, 0.3) is 5.56 Å². The molecule has 0 radical (unpaired) electrons. The highest BCUT2D eigenvalue weighted by Crippen LogP contribution is 1.93. The van der Waals surface area contributed by atoms with Gasteiger partial charge in [-0.25, -0.2) is 4.79 Å². The molecule has 18 heavy (non-hydrogen) atoms. The van der Waals surface area contributed by atoms with Crippen LogP contribution in [0.3, 0.4) is 0 Å². The molecular weight excluding hydrogens is 236 g/mol. The second-order valence-corrected chi connectivity index (χ2v) is 3.99. The SMILES string of the molecule is CCOCCCn1cc(C(C)=O)c(=O)n(C)c1=O. The average Bonchev–Trinajstić information content (AvgIpc) is 2.33. The molecule has 0 N–H and O–H groups in total. The molecule has 6 nitrogen and oxygen atoms in total. The zero-order valence-corrected chi connectivity index (χ0v) is 10.9. The number of hydrogen-bond acceptors (Lipinski definition) is 4. The van der Waals surface area contributed by atoms with Gasteiger partial charge in [0.1, 0.15) is 0 Å². The molecule has 6 heteroatoms. The first-order valence-corrected chi connectivity index (χ1v) is 5.88. The van der Waals surface area contributed by atoms with Crippen LogP contribution in [-0.2, 0) is 18.3 Å². The quantitative estimate of drug-likeness (QED) is 0.536. The highest BCUT2D eigenvalue weighted by molar-refractivity contribution is 5.93. The number of rotatable bonds is 6. The number of nitrogens with zero attached hydrogens (tertiary/aromatic N) is 2. The second kappa shape index (κ2) is 6.30. The Labute approximate surface area is 105 Å².